The van der Waals surface area contributed by atoms with Crippen LogP contribution in [-0.4, -0.2) is 47.1 Å². The maximum Gasteiger partial charge on any atom is 0.251 e. The topological polar surface area (TPSA) is 69.6 Å². The van der Waals surface area contributed by atoms with E-state index in [1.807, 2.05) is 32.9 Å². The molecule has 0 saturated carbocycles. The average molecular weight is 320 g/mol. The minimum atomic E-state index is -0.980. The van der Waals surface area contributed by atoms with Crippen molar-refractivity contribution >= 4 is 11.8 Å². The van der Waals surface area contributed by atoms with E-state index in [2.05, 4.69) is 5.32 Å². The number of carbonyl (C=O) groups excluding carboxylic acids is 2. The molecule has 1 unspecified atom stereocenters. The van der Waals surface area contributed by atoms with Gasteiger partial charge in [0.2, 0.25) is 5.91 Å². The van der Waals surface area contributed by atoms with E-state index in [1.54, 1.807) is 33.0 Å². The molecule has 23 heavy (non-hydrogen) atoms. The maximum absolute atomic E-state index is 12.6. The summed E-state index contributed by atoms with van der Waals surface area (Å²) in [7, 11) is 1.63. The molecule has 1 aromatic carbocycles. The molecule has 1 rings (SSSR count). The van der Waals surface area contributed by atoms with E-state index >= 15 is 0 Å². The lowest BCUT2D eigenvalue weighted by Gasteiger charge is -2.30. The van der Waals surface area contributed by atoms with Gasteiger partial charge >= 0.3 is 0 Å². The van der Waals surface area contributed by atoms with Gasteiger partial charge in [-0.3, -0.25) is 9.59 Å². The first-order valence-corrected chi connectivity index (χ1v) is 7.86. The van der Waals surface area contributed by atoms with Crippen molar-refractivity contribution in [2.45, 2.75) is 46.3 Å². The summed E-state index contributed by atoms with van der Waals surface area (Å²) in [6.07, 6.45) is 0. The van der Waals surface area contributed by atoms with Gasteiger partial charge in [0.1, 0.15) is 6.04 Å². The maximum atomic E-state index is 12.6. The second kappa shape index (κ2) is 7.59. The molecule has 0 aromatic heterocycles. The third-order valence-corrected chi connectivity index (χ3v) is 3.50. The van der Waals surface area contributed by atoms with Crippen molar-refractivity contribution in [3.63, 3.8) is 0 Å². The molecule has 0 heterocycles. The zero-order valence-corrected chi connectivity index (χ0v) is 14.9. The molecule has 5 heteroatoms. The van der Waals surface area contributed by atoms with Gasteiger partial charge in [0, 0.05) is 19.2 Å². The second-order valence-corrected chi connectivity index (χ2v) is 7.07. The molecule has 0 saturated heterocycles. The number of nitrogens with zero attached hydrogens (tertiary/aromatic N) is 1. The monoisotopic (exact) mass is 320 g/mol. The highest BCUT2D eigenvalue weighted by atomic mass is 16.3. The molecule has 128 valence electrons. The van der Waals surface area contributed by atoms with E-state index in [-0.39, 0.29) is 24.3 Å². The van der Waals surface area contributed by atoms with E-state index < -0.39 is 11.6 Å². The van der Waals surface area contributed by atoms with Crippen LogP contribution in [0.5, 0.6) is 0 Å². The summed E-state index contributed by atoms with van der Waals surface area (Å²) < 4.78 is 0. The third kappa shape index (κ3) is 6.02. The lowest BCUT2D eigenvalue weighted by atomic mass is 10.0. The van der Waals surface area contributed by atoms with Crippen LogP contribution in [0.1, 0.15) is 43.6 Å². The van der Waals surface area contributed by atoms with Crippen molar-refractivity contribution in [3.05, 3.63) is 35.4 Å². The Hall–Kier alpha value is -1.88. The van der Waals surface area contributed by atoms with Crippen LogP contribution < -0.4 is 5.32 Å². The molecular weight excluding hydrogens is 292 g/mol. The van der Waals surface area contributed by atoms with Crippen LogP contribution >= 0.6 is 0 Å². The Balaban J connectivity index is 2.86. The fourth-order valence-electron chi connectivity index (χ4n) is 2.42. The largest absolute Gasteiger partial charge is 0.389 e. The zero-order chi connectivity index (χ0) is 17.8. The summed E-state index contributed by atoms with van der Waals surface area (Å²) in [5.41, 5.74) is 0.546. The third-order valence-electron chi connectivity index (χ3n) is 3.50. The minimum Gasteiger partial charge on any atom is -0.389 e. The summed E-state index contributed by atoms with van der Waals surface area (Å²) in [5.74, 6) is -0.527. The number of hydrogen-bond acceptors (Lipinski definition) is 3. The van der Waals surface area contributed by atoms with Crippen molar-refractivity contribution in [2.75, 3.05) is 13.6 Å². The van der Waals surface area contributed by atoms with Crippen LogP contribution in [0.4, 0.5) is 0 Å². The number of rotatable bonds is 6. The van der Waals surface area contributed by atoms with Crippen LogP contribution in [0.2, 0.25) is 0 Å². The Kier molecular flexibility index (Phi) is 6.33. The van der Waals surface area contributed by atoms with E-state index in [0.717, 1.165) is 5.56 Å². The first-order valence-electron chi connectivity index (χ1n) is 7.86. The summed E-state index contributed by atoms with van der Waals surface area (Å²) in [5, 5.41) is 12.7. The van der Waals surface area contributed by atoms with Crippen LogP contribution in [-0.2, 0) is 4.79 Å². The fraction of sp³-hybridized carbons (Fsp3) is 0.556. The molecule has 0 radical (unpaired) electrons. The predicted molar refractivity (Wildman–Crippen MR) is 91.2 cm³/mol. The summed E-state index contributed by atoms with van der Waals surface area (Å²) in [4.78, 5) is 26.4. The minimum absolute atomic E-state index is 0.0551. The van der Waals surface area contributed by atoms with Gasteiger partial charge in [0.05, 0.1) is 5.60 Å². The molecule has 0 fully saturated rings. The molecule has 0 spiro atoms. The summed E-state index contributed by atoms with van der Waals surface area (Å²) >= 11 is 0. The van der Waals surface area contributed by atoms with Crippen molar-refractivity contribution in [3.8, 4) is 0 Å². The van der Waals surface area contributed by atoms with Gasteiger partial charge < -0.3 is 15.3 Å². The summed E-state index contributed by atoms with van der Waals surface area (Å²) in [6, 6.07) is 6.62. The molecule has 1 atom stereocenters. The van der Waals surface area contributed by atoms with Crippen molar-refractivity contribution in [2.24, 2.45) is 5.92 Å². The number of carbonyl (C=O) groups is 2. The Labute approximate surface area is 138 Å². The molecule has 1 aromatic rings. The Bertz CT molecular complexity index is 562. The van der Waals surface area contributed by atoms with Crippen molar-refractivity contribution in [1.29, 1.82) is 0 Å². The number of amides is 2. The van der Waals surface area contributed by atoms with Gasteiger partial charge in [-0.2, -0.15) is 0 Å². The molecule has 0 aliphatic heterocycles. The molecule has 0 bridgehead atoms. The number of aryl methyl sites for hydroxylation is 1. The van der Waals surface area contributed by atoms with E-state index in [1.165, 1.54) is 4.90 Å². The van der Waals surface area contributed by atoms with Crippen LogP contribution in [0.25, 0.3) is 0 Å². The summed E-state index contributed by atoms with van der Waals surface area (Å²) in [6.45, 7) is 9.18. The number of nitrogens with one attached hydrogen (secondary N) is 1. The highest BCUT2D eigenvalue weighted by Crippen LogP contribution is 2.11. The molecule has 0 aliphatic carbocycles. The predicted octanol–water partition coefficient (Wildman–Crippen LogP) is 1.98. The standard InChI is InChI=1S/C18H28N2O3/c1-12(2)15(17(22)20(6)11-18(4,5)23)19-16(21)14-9-7-8-13(3)10-14/h7-10,12,15,23H,11H2,1-6H3,(H,19,21). The number of benzene rings is 1. The second-order valence-electron chi connectivity index (χ2n) is 7.07. The Morgan fingerprint density at radius 2 is 1.91 bits per heavy atom. The number of aliphatic hydroxyl groups is 1. The average Bonchev–Trinajstić information content (AvgIpc) is 2.41. The van der Waals surface area contributed by atoms with Gasteiger partial charge in [-0.05, 0) is 38.8 Å². The fourth-order valence-corrected chi connectivity index (χ4v) is 2.42. The zero-order valence-electron chi connectivity index (χ0n) is 14.9. The quantitative estimate of drug-likeness (QED) is 0.842. The molecule has 5 nitrogen and oxygen atoms in total. The number of hydrogen-bond donors (Lipinski definition) is 2. The normalized spacial score (nSPS) is 12.9. The Morgan fingerprint density at radius 1 is 1.30 bits per heavy atom. The SMILES string of the molecule is Cc1cccc(C(=O)NC(C(=O)N(C)CC(C)(C)O)C(C)C)c1. The smallest absolute Gasteiger partial charge is 0.251 e. The lowest BCUT2D eigenvalue weighted by molar-refractivity contribution is -0.135. The van der Waals surface area contributed by atoms with E-state index in [0.29, 0.717) is 5.56 Å². The number of likely N-dealkylation sites (N-methyl/N-ethyl adjacent to an activating group) is 1. The van der Waals surface area contributed by atoms with Crippen LogP contribution in [0.15, 0.2) is 24.3 Å². The van der Waals surface area contributed by atoms with Gasteiger partial charge in [-0.1, -0.05) is 31.5 Å². The van der Waals surface area contributed by atoms with Crippen molar-refractivity contribution < 1.29 is 14.7 Å². The van der Waals surface area contributed by atoms with Gasteiger partial charge in [0.25, 0.3) is 5.91 Å². The highest BCUT2D eigenvalue weighted by Gasteiger charge is 2.29. The molecule has 0 aliphatic rings. The molecule has 2 N–H and O–H groups in total. The van der Waals surface area contributed by atoms with Crippen LogP contribution in [0, 0.1) is 12.8 Å². The lowest BCUT2D eigenvalue weighted by Crippen LogP contribution is -2.52. The Morgan fingerprint density at radius 3 is 2.39 bits per heavy atom. The van der Waals surface area contributed by atoms with E-state index in [9.17, 15) is 14.7 Å². The highest BCUT2D eigenvalue weighted by molar-refractivity contribution is 5.97. The van der Waals surface area contributed by atoms with Crippen molar-refractivity contribution in [1.82, 2.24) is 10.2 Å². The first-order chi connectivity index (χ1) is 10.5. The van der Waals surface area contributed by atoms with Gasteiger partial charge in [0.15, 0.2) is 0 Å². The molecule has 2 amide bonds. The van der Waals surface area contributed by atoms with Gasteiger partial charge in [-0.15, -0.1) is 0 Å². The van der Waals surface area contributed by atoms with Gasteiger partial charge in [-0.25, -0.2) is 0 Å². The molecular formula is C18H28N2O3. The first kappa shape index (κ1) is 19.2. The van der Waals surface area contributed by atoms with E-state index in [4.69, 9.17) is 0 Å². The van der Waals surface area contributed by atoms with Crippen LogP contribution in [0.3, 0.4) is 0 Å².